The predicted octanol–water partition coefficient (Wildman–Crippen LogP) is 3.06. The molecular weight excluding hydrogens is 444 g/mol. The van der Waals surface area contributed by atoms with Crippen LogP contribution in [0.5, 0.6) is 0 Å². The number of imidazole rings is 1. The minimum Gasteiger partial charge on any atom is -0.446 e. The second-order valence-electron chi connectivity index (χ2n) is 10.7. The molecule has 4 bridgehead atoms. The minimum absolute atomic E-state index is 0.129. The Bertz CT molecular complexity index is 1200. The zero-order valence-electron chi connectivity index (χ0n) is 18.7. The number of hydrogen-bond donors (Lipinski definition) is 1. The van der Waals surface area contributed by atoms with Gasteiger partial charge in [0.1, 0.15) is 6.10 Å². The van der Waals surface area contributed by atoms with Crippen molar-refractivity contribution in [2.75, 3.05) is 13.1 Å². The number of aryl methyl sites for hydroxylation is 1. The number of primary amides is 1. The summed E-state index contributed by atoms with van der Waals surface area (Å²) in [7, 11) is 1.74. The van der Waals surface area contributed by atoms with Gasteiger partial charge in [0.2, 0.25) is 5.91 Å². The van der Waals surface area contributed by atoms with E-state index < -0.39 is 5.41 Å². The highest BCUT2D eigenvalue weighted by Crippen LogP contribution is 2.60. The summed E-state index contributed by atoms with van der Waals surface area (Å²) in [6, 6.07) is 5.35. The van der Waals surface area contributed by atoms with Crippen LogP contribution in [0.3, 0.4) is 0 Å². The Kier molecular flexibility index (Phi) is 4.64. The highest BCUT2D eigenvalue weighted by molar-refractivity contribution is 6.35. The molecule has 0 radical (unpaired) electrons. The van der Waals surface area contributed by atoms with Crippen molar-refractivity contribution in [2.24, 2.45) is 36.0 Å². The summed E-state index contributed by atoms with van der Waals surface area (Å²) < 4.78 is 9.41. The van der Waals surface area contributed by atoms with E-state index in [1.54, 1.807) is 27.1 Å². The number of aromatic nitrogens is 2. The summed E-state index contributed by atoms with van der Waals surface area (Å²) in [5.41, 5.74) is 6.75. The third-order valence-corrected chi connectivity index (χ3v) is 9.10. The van der Waals surface area contributed by atoms with Crippen LogP contribution >= 0.6 is 11.6 Å². The van der Waals surface area contributed by atoms with Gasteiger partial charge in [0.05, 0.1) is 27.5 Å². The molecule has 4 aliphatic carbocycles. The number of nitrogens with zero attached hydrogens (tertiary/aromatic N) is 3. The Hall–Kier alpha value is -2.48. The summed E-state index contributed by atoms with van der Waals surface area (Å²) in [4.78, 5) is 40.0. The highest BCUT2D eigenvalue weighted by atomic mass is 35.5. The molecule has 1 aromatic carbocycles. The molecule has 4 saturated carbocycles. The van der Waals surface area contributed by atoms with Gasteiger partial charge in [-0.2, -0.15) is 0 Å². The molecule has 3 unspecified atom stereocenters. The number of benzene rings is 1. The molecular formula is C24H29ClN4O4. The normalized spacial score (nSPS) is 34.8. The molecule has 5 fully saturated rings. The Labute approximate surface area is 196 Å². The molecule has 7 rings (SSSR count). The first-order valence-electron chi connectivity index (χ1n) is 11.9. The van der Waals surface area contributed by atoms with Crippen molar-refractivity contribution in [1.29, 1.82) is 0 Å². The van der Waals surface area contributed by atoms with Crippen LogP contribution in [0.4, 0.5) is 4.79 Å². The van der Waals surface area contributed by atoms with Crippen molar-refractivity contribution in [3.05, 3.63) is 33.7 Å². The lowest BCUT2D eigenvalue weighted by Crippen LogP contribution is -2.59. The van der Waals surface area contributed by atoms with E-state index in [9.17, 15) is 14.4 Å². The zero-order chi connectivity index (χ0) is 23.1. The van der Waals surface area contributed by atoms with Gasteiger partial charge in [-0.25, -0.2) is 9.59 Å². The molecule has 176 valence electrons. The van der Waals surface area contributed by atoms with Crippen LogP contribution < -0.4 is 11.4 Å². The molecule has 6 atom stereocenters. The smallest absolute Gasteiger partial charge is 0.410 e. The first-order valence-corrected chi connectivity index (χ1v) is 12.3. The topological polar surface area (TPSA) is 99.6 Å². The van der Waals surface area contributed by atoms with Gasteiger partial charge in [-0.3, -0.25) is 13.9 Å². The Balaban J connectivity index is 1.19. The lowest BCUT2D eigenvalue weighted by Gasteiger charge is -2.58. The maximum Gasteiger partial charge on any atom is 0.410 e. The number of para-hydroxylation sites is 1. The number of halogens is 1. The molecule has 2 N–H and O–H groups in total. The number of carbonyl (C=O) groups is 2. The molecule has 5 aliphatic rings. The van der Waals surface area contributed by atoms with Crippen LogP contribution in [-0.2, 0) is 16.6 Å². The summed E-state index contributed by atoms with van der Waals surface area (Å²) in [6.07, 6.45) is 4.60. The number of nitrogens with two attached hydrogens (primary N) is 1. The second-order valence-corrected chi connectivity index (χ2v) is 11.1. The summed E-state index contributed by atoms with van der Waals surface area (Å²) in [5.74, 6) is 0.758. The molecule has 2 aromatic rings. The van der Waals surface area contributed by atoms with E-state index in [1.807, 2.05) is 12.1 Å². The number of hydrogen-bond acceptors (Lipinski definition) is 4. The lowest BCUT2D eigenvalue weighted by atomic mass is 9.48. The molecule has 9 heteroatoms. The van der Waals surface area contributed by atoms with Crippen molar-refractivity contribution < 1.29 is 14.3 Å². The summed E-state index contributed by atoms with van der Waals surface area (Å²) in [5, 5.41) is 0.531. The van der Waals surface area contributed by atoms with Crippen molar-refractivity contribution in [1.82, 2.24) is 14.0 Å². The van der Waals surface area contributed by atoms with E-state index in [2.05, 4.69) is 0 Å². The number of ether oxygens (including phenoxy) is 1. The fraction of sp³-hybridized carbons (Fsp3) is 0.625. The van der Waals surface area contributed by atoms with E-state index >= 15 is 0 Å². The fourth-order valence-corrected chi connectivity index (χ4v) is 7.75. The SMILES string of the molecule is Cn1c(=O)n([C@H]2CCN(C(=O)OC3C4CC5C[C@H]3C[C@@](C(N)=O)(C5)C4)C2)c2c(Cl)cccc21. The number of rotatable bonds is 3. The average molecular weight is 473 g/mol. The summed E-state index contributed by atoms with van der Waals surface area (Å²) >= 11 is 6.45. The van der Waals surface area contributed by atoms with Crippen LogP contribution in [0.15, 0.2) is 23.0 Å². The Morgan fingerprint density at radius 3 is 2.61 bits per heavy atom. The molecule has 1 saturated heterocycles. The number of likely N-dealkylation sites (tertiary alicyclic amines) is 1. The van der Waals surface area contributed by atoms with Gasteiger partial charge in [-0.05, 0) is 68.4 Å². The monoisotopic (exact) mass is 472 g/mol. The van der Waals surface area contributed by atoms with E-state index in [1.165, 1.54) is 0 Å². The molecule has 1 aromatic heterocycles. The quantitative estimate of drug-likeness (QED) is 0.742. The van der Waals surface area contributed by atoms with E-state index in [0.717, 1.165) is 37.6 Å². The fourth-order valence-electron chi connectivity index (χ4n) is 7.49. The molecule has 2 heterocycles. The van der Waals surface area contributed by atoms with Gasteiger partial charge in [-0.1, -0.05) is 17.7 Å². The first kappa shape index (κ1) is 21.1. The predicted molar refractivity (Wildman–Crippen MR) is 123 cm³/mol. The van der Waals surface area contributed by atoms with Gasteiger partial charge in [0, 0.05) is 20.1 Å². The third kappa shape index (κ3) is 3.06. The second kappa shape index (κ2) is 7.26. The van der Waals surface area contributed by atoms with Gasteiger partial charge in [0.25, 0.3) is 0 Å². The van der Waals surface area contributed by atoms with Crippen molar-refractivity contribution in [3.8, 4) is 0 Å². The summed E-state index contributed by atoms with van der Waals surface area (Å²) in [6.45, 7) is 0.950. The zero-order valence-corrected chi connectivity index (χ0v) is 19.5. The van der Waals surface area contributed by atoms with Crippen LogP contribution in [-0.4, -0.2) is 45.2 Å². The van der Waals surface area contributed by atoms with Crippen LogP contribution in [0, 0.1) is 23.2 Å². The van der Waals surface area contributed by atoms with Gasteiger partial charge in [0.15, 0.2) is 0 Å². The van der Waals surface area contributed by atoms with Crippen molar-refractivity contribution in [3.63, 3.8) is 0 Å². The van der Waals surface area contributed by atoms with Crippen molar-refractivity contribution in [2.45, 2.75) is 50.7 Å². The van der Waals surface area contributed by atoms with Crippen LogP contribution in [0.2, 0.25) is 5.02 Å². The van der Waals surface area contributed by atoms with Crippen LogP contribution in [0.1, 0.15) is 44.6 Å². The van der Waals surface area contributed by atoms with Gasteiger partial charge in [-0.15, -0.1) is 0 Å². The molecule has 2 amide bonds. The first-order chi connectivity index (χ1) is 15.8. The molecule has 33 heavy (non-hydrogen) atoms. The van der Waals surface area contributed by atoms with Crippen molar-refractivity contribution >= 4 is 34.6 Å². The third-order valence-electron chi connectivity index (χ3n) is 8.79. The maximum absolute atomic E-state index is 13.1. The maximum atomic E-state index is 13.1. The minimum atomic E-state index is -0.396. The highest BCUT2D eigenvalue weighted by Gasteiger charge is 2.59. The van der Waals surface area contributed by atoms with Gasteiger partial charge < -0.3 is 15.4 Å². The largest absolute Gasteiger partial charge is 0.446 e. The molecule has 0 spiro atoms. The lowest BCUT2D eigenvalue weighted by molar-refractivity contribution is -0.161. The number of fused-ring (bicyclic) bond motifs is 1. The number of amides is 2. The molecule has 8 nitrogen and oxygen atoms in total. The Morgan fingerprint density at radius 2 is 1.91 bits per heavy atom. The Morgan fingerprint density at radius 1 is 1.18 bits per heavy atom. The van der Waals surface area contributed by atoms with Crippen LogP contribution in [0.25, 0.3) is 11.0 Å². The molecule has 1 aliphatic heterocycles. The van der Waals surface area contributed by atoms with E-state index in [-0.39, 0.29) is 41.7 Å². The van der Waals surface area contributed by atoms with E-state index in [0.29, 0.717) is 36.0 Å². The van der Waals surface area contributed by atoms with E-state index in [4.69, 9.17) is 22.1 Å². The standard InChI is InChI=1S/C24H29ClN4O4/c1-27-18-4-2-3-17(25)19(18)29(22(27)31)16-5-6-28(12-16)23(32)33-20-14-7-13-8-15(20)11-24(9-13,10-14)21(26)30/h2-4,13-16,20H,5-12H2,1H3,(H2,26,30)/t13?,14-,15?,16-,20?,24-/m0/s1. The average Bonchev–Trinajstić information content (AvgIpc) is 3.35. The number of carbonyl (C=O) groups excluding carboxylic acids is 2. The van der Waals surface area contributed by atoms with Gasteiger partial charge >= 0.3 is 11.8 Å².